The van der Waals surface area contributed by atoms with E-state index < -0.39 is 28.0 Å². The van der Waals surface area contributed by atoms with E-state index in [-0.39, 0.29) is 16.7 Å². The highest BCUT2D eigenvalue weighted by atomic mass is 32.2. The summed E-state index contributed by atoms with van der Waals surface area (Å²) in [6, 6.07) is 3.47. The Kier molecular flexibility index (Phi) is 5.29. The number of fused-ring (bicyclic) bond motifs is 1. The van der Waals surface area contributed by atoms with Gasteiger partial charge in [-0.05, 0) is 36.6 Å². The summed E-state index contributed by atoms with van der Waals surface area (Å²) in [5, 5.41) is 2.69. The molecule has 0 bridgehead atoms. The second kappa shape index (κ2) is 6.90. The van der Waals surface area contributed by atoms with Gasteiger partial charge in [0, 0.05) is 5.69 Å². The minimum absolute atomic E-state index is 0.0156. The molecule has 1 aliphatic rings. The maximum Gasteiger partial charge on any atom is 0.324 e. The summed E-state index contributed by atoms with van der Waals surface area (Å²) < 4.78 is 32.4. The number of anilines is 1. The van der Waals surface area contributed by atoms with Crippen LogP contribution in [0.2, 0.25) is 0 Å². The van der Waals surface area contributed by atoms with Crippen LogP contribution >= 0.6 is 0 Å². The molecule has 0 saturated carbocycles. The zero-order valence-electron chi connectivity index (χ0n) is 14.1. The monoisotopic (exact) mass is 354 g/mol. The Labute approximate surface area is 141 Å². The summed E-state index contributed by atoms with van der Waals surface area (Å²) in [7, 11) is -2.70. The zero-order chi connectivity index (χ0) is 18.1. The molecule has 1 aliphatic heterocycles. The number of sulfonamides is 1. The third-order valence-corrected chi connectivity index (χ3v) is 5.84. The van der Waals surface area contributed by atoms with E-state index in [4.69, 9.17) is 4.74 Å². The lowest BCUT2D eigenvalue weighted by atomic mass is 10.0. The van der Waals surface area contributed by atoms with Crippen molar-refractivity contribution in [3.8, 4) is 0 Å². The second-order valence-electron chi connectivity index (χ2n) is 5.97. The SMILES string of the molecule is CC[C@@H](C)[C@H](NS(=O)(=O)c1ccc2c(c1)[C@H](C)C(=O)N2)C(=O)OC. The molecule has 0 radical (unpaired) electrons. The van der Waals surface area contributed by atoms with Gasteiger partial charge < -0.3 is 10.1 Å². The fourth-order valence-corrected chi connectivity index (χ4v) is 3.88. The van der Waals surface area contributed by atoms with Gasteiger partial charge in [-0.1, -0.05) is 20.3 Å². The van der Waals surface area contributed by atoms with E-state index in [0.717, 1.165) is 0 Å². The first-order chi connectivity index (χ1) is 11.2. The van der Waals surface area contributed by atoms with Crippen molar-refractivity contribution in [3.63, 3.8) is 0 Å². The molecule has 1 aromatic rings. The normalized spacial score (nSPS) is 19.3. The summed E-state index contributed by atoms with van der Waals surface area (Å²) in [4.78, 5) is 23.6. The second-order valence-corrected chi connectivity index (χ2v) is 7.68. The predicted molar refractivity (Wildman–Crippen MR) is 89.1 cm³/mol. The molecule has 7 nitrogen and oxygen atoms in total. The Balaban J connectivity index is 2.34. The number of ether oxygens (including phenoxy) is 1. The molecule has 0 aliphatic carbocycles. The van der Waals surface area contributed by atoms with Crippen LogP contribution in [0.4, 0.5) is 5.69 Å². The van der Waals surface area contributed by atoms with Gasteiger partial charge in [0.1, 0.15) is 6.04 Å². The van der Waals surface area contributed by atoms with Crippen LogP contribution in [-0.4, -0.2) is 33.4 Å². The van der Waals surface area contributed by atoms with E-state index in [1.54, 1.807) is 19.9 Å². The van der Waals surface area contributed by atoms with E-state index in [9.17, 15) is 18.0 Å². The number of hydrogen-bond acceptors (Lipinski definition) is 5. The number of methoxy groups -OCH3 is 1. The van der Waals surface area contributed by atoms with Gasteiger partial charge in [0.15, 0.2) is 0 Å². The Hall–Kier alpha value is -1.93. The number of benzene rings is 1. The Morgan fingerprint density at radius 3 is 2.67 bits per heavy atom. The Morgan fingerprint density at radius 2 is 2.08 bits per heavy atom. The lowest BCUT2D eigenvalue weighted by Crippen LogP contribution is -2.45. The summed E-state index contributed by atoms with van der Waals surface area (Å²) in [5.41, 5.74) is 1.24. The molecule has 1 aromatic carbocycles. The van der Waals surface area contributed by atoms with Gasteiger partial charge >= 0.3 is 5.97 Å². The number of esters is 1. The molecule has 1 heterocycles. The molecule has 0 saturated heterocycles. The first-order valence-electron chi connectivity index (χ1n) is 7.76. The number of rotatable bonds is 6. The van der Waals surface area contributed by atoms with Crippen LogP contribution in [-0.2, 0) is 24.3 Å². The molecule has 0 unspecified atom stereocenters. The molecule has 0 aromatic heterocycles. The molecule has 0 fully saturated rings. The van der Waals surface area contributed by atoms with Gasteiger partial charge in [-0.3, -0.25) is 9.59 Å². The van der Waals surface area contributed by atoms with Gasteiger partial charge in [0.2, 0.25) is 15.9 Å². The topological polar surface area (TPSA) is 102 Å². The molecule has 0 spiro atoms. The third-order valence-electron chi connectivity index (χ3n) is 4.40. The van der Waals surface area contributed by atoms with Crippen molar-refractivity contribution in [1.29, 1.82) is 0 Å². The zero-order valence-corrected chi connectivity index (χ0v) is 14.9. The lowest BCUT2D eigenvalue weighted by molar-refractivity contribution is -0.143. The summed E-state index contributed by atoms with van der Waals surface area (Å²) in [5.74, 6) is -1.43. The van der Waals surface area contributed by atoms with Gasteiger partial charge in [0.25, 0.3) is 0 Å². The largest absolute Gasteiger partial charge is 0.468 e. The molecule has 24 heavy (non-hydrogen) atoms. The maximum atomic E-state index is 12.6. The molecule has 2 rings (SSSR count). The Bertz CT molecular complexity index is 760. The molecule has 3 atom stereocenters. The molecule has 1 amide bonds. The smallest absolute Gasteiger partial charge is 0.324 e. The van der Waals surface area contributed by atoms with Crippen LogP contribution < -0.4 is 10.0 Å². The predicted octanol–water partition coefficient (Wildman–Crippen LogP) is 1.61. The van der Waals surface area contributed by atoms with Crippen LogP contribution in [0.15, 0.2) is 23.1 Å². The number of hydrogen-bond donors (Lipinski definition) is 2. The number of carbonyl (C=O) groups is 2. The van der Waals surface area contributed by atoms with E-state index in [1.807, 2.05) is 6.92 Å². The van der Waals surface area contributed by atoms with Gasteiger partial charge in [-0.2, -0.15) is 4.72 Å². The highest BCUT2D eigenvalue weighted by Gasteiger charge is 2.32. The van der Waals surface area contributed by atoms with Crippen LogP contribution in [0.5, 0.6) is 0 Å². The van der Waals surface area contributed by atoms with Crippen LogP contribution in [0, 0.1) is 5.92 Å². The van der Waals surface area contributed by atoms with Crippen molar-refractivity contribution in [3.05, 3.63) is 23.8 Å². The quantitative estimate of drug-likeness (QED) is 0.756. The number of carbonyl (C=O) groups excluding carboxylic acids is 2. The first-order valence-corrected chi connectivity index (χ1v) is 9.24. The molecule has 8 heteroatoms. The molecular weight excluding hydrogens is 332 g/mol. The van der Waals surface area contributed by atoms with E-state index in [2.05, 4.69) is 10.0 Å². The van der Waals surface area contributed by atoms with Crippen LogP contribution in [0.3, 0.4) is 0 Å². The van der Waals surface area contributed by atoms with Crippen molar-refractivity contribution < 1.29 is 22.7 Å². The average Bonchev–Trinajstić information content (AvgIpc) is 2.85. The van der Waals surface area contributed by atoms with Gasteiger partial charge in [-0.15, -0.1) is 0 Å². The fourth-order valence-electron chi connectivity index (χ4n) is 2.56. The summed E-state index contributed by atoms with van der Waals surface area (Å²) >= 11 is 0. The van der Waals surface area contributed by atoms with Crippen molar-refractivity contribution in [2.75, 3.05) is 12.4 Å². The Morgan fingerprint density at radius 1 is 1.42 bits per heavy atom. The van der Waals surface area contributed by atoms with E-state index >= 15 is 0 Å². The maximum absolute atomic E-state index is 12.6. The first kappa shape index (κ1) is 18.4. The van der Waals surface area contributed by atoms with Crippen LogP contribution in [0.25, 0.3) is 0 Å². The van der Waals surface area contributed by atoms with E-state index in [1.165, 1.54) is 19.2 Å². The minimum Gasteiger partial charge on any atom is -0.468 e. The minimum atomic E-state index is -3.92. The average molecular weight is 354 g/mol. The van der Waals surface area contributed by atoms with Gasteiger partial charge in [0.05, 0.1) is 17.9 Å². The molecule has 2 N–H and O–H groups in total. The molecule has 132 valence electrons. The fraction of sp³-hybridized carbons (Fsp3) is 0.500. The summed E-state index contributed by atoms with van der Waals surface area (Å²) in [6.07, 6.45) is 0.613. The number of amides is 1. The third kappa shape index (κ3) is 3.44. The highest BCUT2D eigenvalue weighted by Crippen LogP contribution is 2.33. The van der Waals surface area contributed by atoms with Crippen molar-refractivity contribution in [2.24, 2.45) is 5.92 Å². The summed E-state index contributed by atoms with van der Waals surface area (Å²) in [6.45, 7) is 5.35. The van der Waals surface area contributed by atoms with Crippen molar-refractivity contribution in [1.82, 2.24) is 4.72 Å². The number of nitrogens with one attached hydrogen (secondary N) is 2. The van der Waals surface area contributed by atoms with Gasteiger partial charge in [-0.25, -0.2) is 8.42 Å². The molecular formula is C16H22N2O5S. The lowest BCUT2D eigenvalue weighted by Gasteiger charge is -2.22. The van der Waals surface area contributed by atoms with Crippen molar-refractivity contribution >= 4 is 27.6 Å². The van der Waals surface area contributed by atoms with E-state index in [0.29, 0.717) is 17.7 Å². The standard InChI is InChI=1S/C16H22N2O5S/c1-5-9(2)14(16(20)23-4)18-24(21,22)11-6-7-13-12(8-11)10(3)15(19)17-13/h6-10,14,18H,5H2,1-4H3,(H,17,19)/t9-,10+,14+/m1/s1. The van der Waals surface area contributed by atoms with Crippen molar-refractivity contribution in [2.45, 2.75) is 44.0 Å². The van der Waals surface area contributed by atoms with Crippen LogP contribution in [0.1, 0.15) is 38.7 Å². The highest BCUT2D eigenvalue weighted by molar-refractivity contribution is 7.89.